The van der Waals surface area contributed by atoms with E-state index in [0.29, 0.717) is 6.54 Å². The molecule has 1 unspecified atom stereocenters. The van der Waals surface area contributed by atoms with Gasteiger partial charge in [-0.1, -0.05) is 6.92 Å². The van der Waals surface area contributed by atoms with E-state index in [1.807, 2.05) is 20.8 Å². The van der Waals surface area contributed by atoms with Gasteiger partial charge in [-0.15, -0.1) is 0 Å². The first-order chi connectivity index (χ1) is 7.31. The minimum atomic E-state index is -0.426. The molecule has 0 aromatic rings. The highest BCUT2D eigenvalue weighted by atomic mass is 16.6. The average Bonchev–Trinajstić information content (AvgIpc) is 2.49. The number of nitrogens with one attached hydrogen (secondary N) is 1. The third-order valence-corrected chi connectivity index (χ3v) is 2.70. The average molecular weight is 229 g/mol. The lowest BCUT2D eigenvalue weighted by Crippen LogP contribution is -2.34. The maximum atomic E-state index is 11.4. The summed E-state index contributed by atoms with van der Waals surface area (Å²) in [5.74, 6) is 0. The molecule has 0 spiro atoms. The first-order valence-corrected chi connectivity index (χ1v) is 5.85. The van der Waals surface area contributed by atoms with Gasteiger partial charge in [-0.05, 0) is 39.0 Å². The molecule has 1 atom stereocenters. The van der Waals surface area contributed by atoms with Gasteiger partial charge in [-0.3, -0.25) is 0 Å². The number of alkyl carbamates (subject to hydrolysis) is 1. The van der Waals surface area contributed by atoms with E-state index in [0.717, 1.165) is 26.1 Å². The van der Waals surface area contributed by atoms with E-state index < -0.39 is 5.60 Å². The van der Waals surface area contributed by atoms with Gasteiger partial charge >= 0.3 is 6.09 Å². The fraction of sp³-hybridized carbons (Fsp3) is 0.917. The number of hydrogen-bond acceptors (Lipinski definition) is 3. The Morgan fingerprint density at radius 3 is 2.69 bits per heavy atom. The molecule has 0 bridgehead atoms. The van der Waals surface area contributed by atoms with Crippen LogP contribution in [0.4, 0.5) is 4.79 Å². The maximum Gasteiger partial charge on any atom is 0.407 e. The van der Waals surface area contributed by atoms with E-state index in [1.54, 1.807) is 0 Å². The second-order valence-corrected chi connectivity index (χ2v) is 5.79. The summed E-state index contributed by atoms with van der Waals surface area (Å²) in [6.45, 7) is 10.0. The van der Waals surface area contributed by atoms with Crippen molar-refractivity contribution in [3.63, 3.8) is 0 Å². The zero-order chi connectivity index (χ0) is 12.2. The second kappa shape index (κ2) is 5.04. The number of rotatable bonds is 3. The van der Waals surface area contributed by atoms with Gasteiger partial charge < -0.3 is 14.8 Å². The molecule has 1 heterocycles. The zero-order valence-corrected chi connectivity index (χ0v) is 10.8. The van der Waals surface area contributed by atoms with Crippen LogP contribution in [0.1, 0.15) is 40.5 Å². The molecule has 94 valence electrons. The molecular formula is C12H23NO3. The summed E-state index contributed by atoms with van der Waals surface area (Å²) in [5, 5.41) is 2.77. The Labute approximate surface area is 97.7 Å². The first-order valence-electron chi connectivity index (χ1n) is 5.85. The predicted octanol–water partition coefficient (Wildman–Crippen LogP) is 2.33. The number of hydrogen-bond donors (Lipinski definition) is 1. The minimum Gasteiger partial charge on any atom is -0.444 e. The monoisotopic (exact) mass is 229 g/mol. The fourth-order valence-corrected chi connectivity index (χ4v) is 1.69. The van der Waals surface area contributed by atoms with E-state index in [9.17, 15) is 4.79 Å². The molecule has 1 aliphatic heterocycles. The molecule has 1 amide bonds. The van der Waals surface area contributed by atoms with Gasteiger partial charge in [0.2, 0.25) is 0 Å². The Bertz CT molecular complexity index is 239. The number of carbonyl (C=O) groups is 1. The summed E-state index contributed by atoms with van der Waals surface area (Å²) in [4.78, 5) is 11.4. The smallest absolute Gasteiger partial charge is 0.407 e. The Hall–Kier alpha value is -0.770. The normalized spacial score (nSPS) is 25.5. The molecule has 1 N–H and O–H groups in total. The highest BCUT2D eigenvalue weighted by Crippen LogP contribution is 2.30. The van der Waals surface area contributed by atoms with Gasteiger partial charge in [0.1, 0.15) is 5.60 Å². The Morgan fingerprint density at radius 2 is 2.19 bits per heavy atom. The molecule has 0 saturated carbocycles. The molecule has 0 aliphatic carbocycles. The Kier molecular flexibility index (Phi) is 4.19. The highest BCUT2D eigenvalue weighted by Gasteiger charge is 2.29. The quantitative estimate of drug-likeness (QED) is 0.808. The molecule has 0 aromatic heterocycles. The van der Waals surface area contributed by atoms with Crippen LogP contribution < -0.4 is 5.32 Å². The lowest BCUT2D eigenvalue weighted by Gasteiger charge is -2.23. The number of carbonyl (C=O) groups excluding carboxylic acids is 1. The summed E-state index contributed by atoms with van der Waals surface area (Å²) in [6.07, 6.45) is 1.67. The van der Waals surface area contributed by atoms with Crippen LogP contribution in [0.2, 0.25) is 0 Å². The summed E-state index contributed by atoms with van der Waals surface area (Å²) < 4.78 is 10.5. The first kappa shape index (κ1) is 13.3. The molecule has 0 aromatic carbocycles. The van der Waals surface area contributed by atoms with E-state index in [4.69, 9.17) is 9.47 Å². The van der Waals surface area contributed by atoms with Crippen molar-refractivity contribution < 1.29 is 14.3 Å². The molecule has 1 rings (SSSR count). The van der Waals surface area contributed by atoms with Crippen LogP contribution in [0, 0.1) is 5.41 Å². The third kappa shape index (κ3) is 4.84. The van der Waals surface area contributed by atoms with Gasteiger partial charge in [0.05, 0.1) is 6.61 Å². The van der Waals surface area contributed by atoms with Crippen LogP contribution in [0.15, 0.2) is 0 Å². The van der Waals surface area contributed by atoms with E-state index in [-0.39, 0.29) is 11.5 Å². The standard InChI is InChI=1S/C12H23NO3/c1-11(2,3)16-10(14)13-7-5-12(4)6-8-15-9-12/h5-9H2,1-4H3,(H,13,14). The summed E-state index contributed by atoms with van der Waals surface area (Å²) in [5.41, 5.74) is -0.209. The van der Waals surface area contributed by atoms with Crippen molar-refractivity contribution in [3.05, 3.63) is 0 Å². The van der Waals surface area contributed by atoms with Gasteiger partial charge in [0, 0.05) is 13.2 Å². The fourth-order valence-electron chi connectivity index (χ4n) is 1.69. The topological polar surface area (TPSA) is 47.6 Å². The molecule has 1 saturated heterocycles. The third-order valence-electron chi connectivity index (χ3n) is 2.70. The molecule has 4 heteroatoms. The molecule has 1 fully saturated rings. The van der Waals surface area contributed by atoms with E-state index >= 15 is 0 Å². The Balaban J connectivity index is 2.18. The van der Waals surface area contributed by atoms with Gasteiger partial charge in [-0.25, -0.2) is 4.79 Å². The van der Waals surface area contributed by atoms with Gasteiger partial charge in [0.25, 0.3) is 0 Å². The van der Waals surface area contributed by atoms with E-state index in [1.165, 1.54) is 0 Å². The molecule has 16 heavy (non-hydrogen) atoms. The van der Waals surface area contributed by atoms with Crippen molar-refractivity contribution in [2.75, 3.05) is 19.8 Å². The van der Waals surface area contributed by atoms with Gasteiger partial charge in [-0.2, -0.15) is 0 Å². The largest absolute Gasteiger partial charge is 0.444 e. The van der Waals surface area contributed by atoms with Crippen molar-refractivity contribution in [1.82, 2.24) is 5.32 Å². The Morgan fingerprint density at radius 1 is 1.50 bits per heavy atom. The van der Waals surface area contributed by atoms with Crippen molar-refractivity contribution in [2.45, 2.75) is 46.1 Å². The van der Waals surface area contributed by atoms with Crippen LogP contribution in [0.5, 0.6) is 0 Å². The second-order valence-electron chi connectivity index (χ2n) is 5.79. The van der Waals surface area contributed by atoms with Crippen LogP contribution in [-0.2, 0) is 9.47 Å². The molecule has 0 radical (unpaired) electrons. The summed E-state index contributed by atoms with van der Waals surface area (Å²) in [6, 6.07) is 0. The molecule has 1 aliphatic rings. The SMILES string of the molecule is CC1(CCNC(=O)OC(C)(C)C)CCOC1. The van der Waals surface area contributed by atoms with E-state index in [2.05, 4.69) is 12.2 Å². The lowest BCUT2D eigenvalue weighted by atomic mass is 9.86. The van der Waals surface area contributed by atoms with Crippen LogP contribution in [-0.4, -0.2) is 31.5 Å². The lowest BCUT2D eigenvalue weighted by molar-refractivity contribution is 0.0519. The predicted molar refractivity (Wildman–Crippen MR) is 62.4 cm³/mol. The van der Waals surface area contributed by atoms with Crippen molar-refractivity contribution >= 4 is 6.09 Å². The maximum absolute atomic E-state index is 11.4. The number of ether oxygens (including phenoxy) is 2. The van der Waals surface area contributed by atoms with Crippen LogP contribution in [0.25, 0.3) is 0 Å². The summed E-state index contributed by atoms with van der Waals surface area (Å²) >= 11 is 0. The van der Waals surface area contributed by atoms with Crippen LogP contribution in [0.3, 0.4) is 0 Å². The van der Waals surface area contributed by atoms with Crippen LogP contribution >= 0.6 is 0 Å². The van der Waals surface area contributed by atoms with Crippen molar-refractivity contribution in [1.29, 1.82) is 0 Å². The number of amides is 1. The minimum absolute atomic E-state index is 0.217. The molecular weight excluding hydrogens is 206 g/mol. The van der Waals surface area contributed by atoms with Gasteiger partial charge in [0.15, 0.2) is 0 Å². The zero-order valence-electron chi connectivity index (χ0n) is 10.8. The molecule has 4 nitrogen and oxygen atoms in total. The highest BCUT2D eigenvalue weighted by molar-refractivity contribution is 5.67. The van der Waals surface area contributed by atoms with Crippen molar-refractivity contribution in [3.8, 4) is 0 Å². The summed E-state index contributed by atoms with van der Waals surface area (Å²) in [7, 11) is 0. The van der Waals surface area contributed by atoms with Crippen molar-refractivity contribution in [2.24, 2.45) is 5.41 Å².